The van der Waals surface area contributed by atoms with Crippen LogP contribution in [0.1, 0.15) is 0 Å². The smallest absolute Gasteiger partial charge is 0.404 e. The summed E-state index contributed by atoms with van der Waals surface area (Å²) < 4.78 is 39.9. The van der Waals surface area contributed by atoms with E-state index in [9.17, 15) is 28.7 Å². The Labute approximate surface area is 136 Å². The van der Waals surface area contributed by atoms with Crippen molar-refractivity contribution in [3.8, 4) is 28.4 Å². The third kappa shape index (κ3) is 2.30. The fraction of sp³-hybridized carbons (Fsp3) is 0. The van der Waals surface area contributed by atoms with E-state index in [4.69, 9.17) is 13.6 Å². The molecule has 4 rings (SSSR count). The summed E-state index contributed by atoms with van der Waals surface area (Å²) in [7, 11) is -12.1. The second-order valence-electron chi connectivity index (χ2n) is 5.01. The van der Waals surface area contributed by atoms with Crippen molar-refractivity contribution in [1.82, 2.24) is 0 Å². The monoisotopic (exact) mass is 390 g/mol. The second kappa shape index (κ2) is 5.04. The molecule has 2 aliphatic rings. The molecule has 0 saturated heterocycles. The normalized spacial score (nSPS) is 18.1. The summed E-state index contributed by atoms with van der Waals surface area (Å²) in [5, 5.41) is -1.67. The topological polar surface area (TPSA) is 143 Å². The van der Waals surface area contributed by atoms with Crippen molar-refractivity contribution in [2.24, 2.45) is 0 Å². The van der Waals surface area contributed by atoms with Crippen LogP contribution >= 0.6 is 23.8 Å². The van der Waals surface area contributed by atoms with E-state index >= 15 is 0 Å². The molecule has 24 heavy (non-hydrogen) atoms. The molecule has 0 aromatic heterocycles. The number of hydrogen-bond acceptors (Lipinski definition) is 5. The van der Waals surface area contributed by atoms with E-state index < -0.39 is 34.4 Å². The Morgan fingerprint density at radius 1 is 0.750 bits per heavy atom. The highest BCUT2D eigenvalue weighted by molar-refractivity contribution is 7.67. The third-order valence-corrected chi connectivity index (χ3v) is 6.67. The van der Waals surface area contributed by atoms with Crippen molar-refractivity contribution in [1.29, 1.82) is 0 Å². The highest BCUT2D eigenvalue weighted by Crippen LogP contribution is 2.68. The van der Waals surface area contributed by atoms with Gasteiger partial charge in [-0.1, -0.05) is 30.3 Å². The van der Waals surface area contributed by atoms with Gasteiger partial charge in [0, 0.05) is 5.56 Å². The first-order valence-corrected chi connectivity index (χ1v) is 10.8. The van der Waals surface area contributed by atoms with Crippen LogP contribution in [-0.2, 0) is 9.13 Å². The van der Waals surface area contributed by atoms with Crippen LogP contribution in [0, 0.1) is 0 Å². The Bertz CT molecular complexity index is 946. The van der Waals surface area contributed by atoms with Crippen LogP contribution in [0.5, 0.6) is 17.2 Å². The zero-order valence-electron chi connectivity index (χ0n) is 11.6. The van der Waals surface area contributed by atoms with Gasteiger partial charge in [0.25, 0.3) is 0 Å². The summed E-state index contributed by atoms with van der Waals surface area (Å²) in [6.45, 7) is 0. The zero-order valence-corrected chi connectivity index (χ0v) is 14.2. The maximum Gasteiger partial charge on any atom is 0.530 e. The van der Waals surface area contributed by atoms with Gasteiger partial charge in [-0.2, -0.15) is 0 Å². The fourth-order valence-electron chi connectivity index (χ4n) is 2.62. The molecule has 0 saturated carbocycles. The maximum absolute atomic E-state index is 12.1. The van der Waals surface area contributed by atoms with Crippen LogP contribution in [0.25, 0.3) is 11.1 Å². The van der Waals surface area contributed by atoms with Gasteiger partial charge < -0.3 is 33.1 Å². The summed E-state index contributed by atoms with van der Waals surface area (Å²) in [5.41, 5.74) is 0.227. The average molecular weight is 390 g/mol. The Balaban J connectivity index is 2.20. The summed E-state index contributed by atoms with van der Waals surface area (Å²) in [6, 6.07) is 8.03. The van der Waals surface area contributed by atoms with Gasteiger partial charge in [-0.05, 0) is 5.56 Å². The van der Waals surface area contributed by atoms with E-state index in [0.29, 0.717) is 5.56 Å². The van der Waals surface area contributed by atoms with Gasteiger partial charge in [0.15, 0.2) is 11.5 Å². The van der Waals surface area contributed by atoms with E-state index in [2.05, 4.69) is 0 Å². The highest BCUT2D eigenvalue weighted by atomic mass is 31.2. The third-order valence-electron chi connectivity index (χ3n) is 3.46. The van der Waals surface area contributed by atoms with Crippen molar-refractivity contribution >= 4 is 34.4 Å². The van der Waals surface area contributed by atoms with Crippen LogP contribution in [0.3, 0.4) is 0 Å². The predicted molar refractivity (Wildman–Crippen MR) is 84.0 cm³/mol. The standard InChI is InChI=1S/C12H9O9P3/c13-23(14,15)11-7(6-4-2-1-3-5-6)8-9-10(12(11)24(16,17)18)21-22(19-8)20-9/h1-5H,(H2,13,14,15)(H2,16,17,18). The number of fused-ring (bicyclic) bond motifs is 1. The largest absolute Gasteiger partial charge is 0.530 e. The quantitative estimate of drug-likeness (QED) is 0.571. The molecular weight excluding hydrogens is 381 g/mol. The first-order chi connectivity index (χ1) is 11.2. The minimum absolute atomic E-state index is 0.0177. The fourth-order valence-corrected chi connectivity index (χ4v) is 6.24. The minimum atomic E-state index is -5.09. The molecular formula is C12H9O9P3. The van der Waals surface area contributed by atoms with Crippen LogP contribution in [0.4, 0.5) is 0 Å². The van der Waals surface area contributed by atoms with Crippen molar-refractivity contribution in [2.75, 3.05) is 0 Å². The molecule has 1 atom stereocenters. The van der Waals surface area contributed by atoms with E-state index in [1.54, 1.807) is 30.3 Å². The lowest BCUT2D eigenvalue weighted by Gasteiger charge is -2.22. The van der Waals surface area contributed by atoms with E-state index in [-0.39, 0.29) is 22.8 Å². The number of rotatable bonds is 3. The molecule has 0 aliphatic carbocycles. The van der Waals surface area contributed by atoms with Gasteiger partial charge in [-0.3, -0.25) is 9.13 Å². The summed E-state index contributed by atoms with van der Waals surface area (Å²) in [6.07, 6.45) is 0. The first-order valence-electron chi connectivity index (χ1n) is 6.43. The minimum Gasteiger partial charge on any atom is -0.404 e. The SMILES string of the molecule is O=P(O)(O)c1c2c3c(c(-c4ccccc4)c1P(=O)(O)O)OP(O3)O2. The van der Waals surface area contributed by atoms with Crippen LogP contribution < -0.4 is 24.2 Å². The number of hydrogen-bond donors (Lipinski definition) is 4. The molecule has 2 aromatic carbocycles. The van der Waals surface area contributed by atoms with Gasteiger partial charge in [0.1, 0.15) is 5.30 Å². The molecule has 9 nitrogen and oxygen atoms in total. The first kappa shape index (κ1) is 16.1. The van der Waals surface area contributed by atoms with Crippen molar-refractivity contribution in [3.05, 3.63) is 30.3 Å². The molecule has 2 bridgehead atoms. The zero-order chi connectivity index (χ0) is 17.3. The van der Waals surface area contributed by atoms with Crippen LogP contribution in [-0.4, -0.2) is 19.6 Å². The molecule has 4 N–H and O–H groups in total. The van der Waals surface area contributed by atoms with Crippen LogP contribution in [0.2, 0.25) is 0 Å². The molecule has 1 unspecified atom stereocenters. The Hall–Kier alpha value is -1.43. The highest BCUT2D eigenvalue weighted by Gasteiger charge is 2.52. The van der Waals surface area contributed by atoms with Crippen molar-refractivity contribution in [3.63, 3.8) is 0 Å². The summed E-state index contributed by atoms with van der Waals surface area (Å²) in [4.78, 5) is 38.9. The van der Waals surface area contributed by atoms with Gasteiger partial charge in [-0.15, -0.1) is 0 Å². The Kier molecular flexibility index (Phi) is 3.37. The van der Waals surface area contributed by atoms with Gasteiger partial charge in [-0.25, -0.2) is 0 Å². The molecule has 12 heteroatoms. The number of benzene rings is 2. The Morgan fingerprint density at radius 2 is 1.29 bits per heavy atom. The van der Waals surface area contributed by atoms with E-state index in [1.165, 1.54) is 0 Å². The van der Waals surface area contributed by atoms with Gasteiger partial charge in [0.2, 0.25) is 5.75 Å². The summed E-state index contributed by atoms with van der Waals surface area (Å²) >= 11 is 0. The molecule has 2 heterocycles. The molecule has 2 aromatic rings. The second-order valence-corrected chi connectivity index (χ2v) is 9.08. The average Bonchev–Trinajstić information content (AvgIpc) is 3.05. The maximum atomic E-state index is 12.1. The Morgan fingerprint density at radius 3 is 1.83 bits per heavy atom. The van der Waals surface area contributed by atoms with Crippen molar-refractivity contribution < 1.29 is 42.3 Å². The lowest BCUT2D eigenvalue weighted by Crippen LogP contribution is -2.29. The predicted octanol–water partition coefficient (Wildman–Crippen LogP) is 1.35. The lowest BCUT2D eigenvalue weighted by molar-refractivity contribution is 0.379. The molecule has 0 amide bonds. The van der Waals surface area contributed by atoms with E-state index in [1.807, 2.05) is 0 Å². The molecule has 0 radical (unpaired) electrons. The summed E-state index contributed by atoms with van der Waals surface area (Å²) in [5.74, 6) is -0.395. The van der Waals surface area contributed by atoms with E-state index in [0.717, 1.165) is 0 Å². The molecule has 0 spiro atoms. The molecule has 2 aliphatic heterocycles. The van der Waals surface area contributed by atoms with Crippen molar-refractivity contribution in [2.45, 2.75) is 0 Å². The molecule has 126 valence electrons. The van der Waals surface area contributed by atoms with Gasteiger partial charge >= 0.3 is 23.8 Å². The lowest BCUT2D eigenvalue weighted by atomic mass is 10.0. The van der Waals surface area contributed by atoms with Gasteiger partial charge in [0.05, 0.1) is 5.30 Å². The molecule has 0 fully saturated rings. The van der Waals surface area contributed by atoms with Crippen LogP contribution in [0.15, 0.2) is 30.3 Å².